The highest BCUT2D eigenvalue weighted by molar-refractivity contribution is 8.18. The third-order valence-corrected chi connectivity index (χ3v) is 4.54. The van der Waals surface area contributed by atoms with Crippen LogP contribution in [-0.4, -0.2) is 29.6 Å². The number of para-hydroxylation sites is 2. The topological polar surface area (TPSA) is 65.7 Å². The van der Waals surface area contributed by atoms with Crippen LogP contribution in [0.2, 0.25) is 0 Å². The van der Waals surface area contributed by atoms with Gasteiger partial charge < -0.3 is 4.74 Å². The molecular formula is C19H15N3O2S. The van der Waals surface area contributed by atoms with Crippen molar-refractivity contribution in [2.24, 2.45) is 4.99 Å². The molecule has 0 unspecified atom stereocenters. The van der Waals surface area contributed by atoms with E-state index >= 15 is 0 Å². The summed E-state index contributed by atoms with van der Waals surface area (Å²) in [5.74, 6) is 0.454. The second kappa shape index (κ2) is 7.69. The lowest BCUT2D eigenvalue weighted by molar-refractivity contribution is -0.121. The van der Waals surface area contributed by atoms with Crippen molar-refractivity contribution in [3.63, 3.8) is 0 Å². The lowest BCUT2D eigenvalue weighted by Gasteiger charge is -2.07. The number of rotatable bonds is 4. The van der Waals surface area contributed by atoms with Gasteiger partial charge in [-0.05, 0) is 36.0 Å². The van der Waals surface area contributed by atoms with Crippen LogP contribution in [-0.2, 0) is 4.79 Å². The van der Waals surface area contributed by atoms with Gasteiger partial charge in [-0.15, -0.1) is 0 Å². The molecule has 0 N–H and O–H groups in total. The first kappa shape index (κ1) is 16.8. The fraction of sp³-hybridized carbons (Fsp3) is 0.105. The average molecular weight is 349 g/mol. The van der Waals surface area contributed by atoms with E-state index in [1.54, 1.807) is 19.2 Å². The predicted octanol–water partition coefficient (Wildman–Crippen LogP) is 3.82. The zero-order chi connectivity index (χ0) is 17.6. The first-order valence-corrected chi connectivity index (χ1v) is 8.41. The molecule has 25 heavy (non-hydrogen) atoms. The molecule has 0 bridgehead atoms. The zero-order valence-electron chi connectivity index (χ0n) is 13.5. The van der Waals surface area contributed by atoms with Gasteiger partial charge in [0.15, 0.2) is 11.8 Å². The molecule has 0 saturated carbocycles. The Bertz CT molecular complexity index is 885. The predicted molar refractivity (Wildman–Crippen MR) is 99.4 cm³/mol. The zero-order valence-corrected chi connectivity index (χ0v) is 14.4. The number of amides is 1. The van der Waals surface area contributed by atoms with Gasteiger partial charge in [-0.1, -0.05) is 36.4 Å². The molecule has 3 rings (SSSR count). The first-order valence-electron chi connectivity index (χ1n) is 7.59. The number of benzene rings is 2. The molecule has 1 heterocycles. The van der Waals surface area contributed by atoms with E-state index in [0.717, 1.165) is 11.3 Å². The van der Waals surface area contributed by atoms with Gasteiger partial charge in [0.05, 0.1) is 10.6 Å². The number of nitrogens with zero attached hydrogens (tertiary/aromatic N) is 3. The van der Waals surface area contributed by atoms with Crippen molar-refractivity contribution in [3.8, 4) is 11.8 Å². The van der Waals surface area contributed by atoms with Gasteiger partial charge in [0.1, 0.15) is 11.8 Å². The Balaban J connectivity index is 1.89. The van der Waals surface area contributed by atoms with Crippen LogP contribution < -0.4 is 4.74 Å². The summed E-state index contributed by atoms with van der Waals surface area (Å²) in [6.07, 6.45) is 1.77. The number of hydrogen-bond acceptors (Lipinski definition) is 5. The third-order valence-electron chi connectivity index (χ3n) is 3.48. The van der Waals surface area contributed by atoms with Crippen LogP contribution in [0.25, 0.3) is 6.08 Å². The molecule has 1 saturated heterocycles. The Hall–Kier alpha value is -3.04. The lowest BCUT2D eigenvalue weighted by atomic mass is 10.2. The first-order chi connectivity index (χ1) is 12.2. The summed E-state index contributed by atoms with van der Waals surface area (Å²) in [6, 6.07) is 18.8. The standard InChI is InChI=1S/C19H15N3O2S/c1-22-18(23)17(25-19(22)21-15-8-3-2-4-9-15)13-14-7-5-6-10-16(14)24-12-11-20/h2-10,13H,12H2,1H3. The molecule has 5 nitrogen and oxygen atoms in total. The molecular weight excluding hydrogens is 334 g/mol. The molecule has 0 atom stereocenters. The van der Waals surface area contributed by atoms with E-state index in [1.807, 2.05) is 54.6 Å². The number of carbonyl (C=O) groups excluding carboxylic acids is 1. The molecule has 0 aromatic heterocycles. The molecule has 1 aliphatic rings. The van der Waals surface area contributed by atoms with E-state index < -0.39 is 0 Å². The van der Waals surface area contributed by atoms with Gasteiger partial charge in [-0.3, -0.25) is 9.69 Å². The summed E-state index contributed by atoms with van der Waals surface area (Å²) in [5, 5.41) is 9.31. The van der Waals surface area contributed by atoms with E-state index in [1.165, 1.54) is 16.7 Å². The van der Waals surface area contributed by atoms with E-state index in [0.29, 0.717) is 15.8 Å². The van der Waals surface area contributed by atoms with Crippen molar-refractivity contribution in [2.45, 2.75) is 0 Å². The van der Waals surface area contributed by atoms with Crippen LogP contribution in [0, 0.1) is 11.3 Å². The summed E-state index contributed by atoms with van der Waals surface area (Å²) < 4.78 is 5.41. The number of thioether (sulfide) groups is 1. The fourth-order valence-corrected chi connectivity index (χ4v) is 3.22. The normalized spacial score (nSPS) is 17.1. The maximum Gasteiger partial charge on any atom is 0.266 e. The number of amidine groups is 1. The molecule has 2 aromatic carbocycles. The molecule has 0 radical (unpaired) electrons. The highest BCUT2D eigenvalue weighted by Crippen LogP contribution is 2.34. The third kappa shape index (κ3) is 3.90. The van der Waals surface area contributed by atoms with Crippen molar-refractivity contribution < 1.29 is 9.53 Å². The van der Waals surface area contributed by atoms with Crippen molar-refractivity contribution in [3.05, 3.63) is 65.1 Å². The van der Waals surface area contributed by atoms with Gasteiger partial charge in [-0.2, -0.15) is 5.26 Å². The second-order valence-electron chi connectivity index (χ2n) is 5.19. The fourth-order valence-electron chi connectivity index (χ4n) is 2.25. The lowest BCUT2D eigenvalue weighted by Crippen LogP contribution is -2.23. The van der Waals surface area contributed by atoms with E-state index in [4.69, 9.17) is 10.00 Å². The SMILES string of the molecule is CN1C(=O)C(=Cc2ccccc2OCC#N)SC1=Nc1ccccc1. The molecule has 6 heteroatoms. The minimum atomic E-state index is -0.116. The van der Waals surface area contributed by atoms with Gasteiger partial charge in [0.2, 0.25) is 0 Å². The summed E-state index contributed by atoms with van der Waals surface area (Å²) in [4.78, 5) is 19.1. The summed E-state index contributed by atoms with van der Waals surface area (Å²) in [6.45, 7) is -0.0398. The Kier molecular flexibility index (Phi) is 5.17. The minimum Gasteiger partial charge on any atom is -0.478 e. The summed E-state index contributed by atoms with van der Waals surface area (Å²) in [5.41, 5.74) is 1.55. The number of hydrogen-bond donors (Lipinski definition) is 0. The van der Waals surface area contributed by atoms with Gasteiger partial charge >= 0.3 is 0 Å². The summed E-state index contributed by atoms with van der Waals surface area (Å²) >= 11 is 1.32. The van der Waals surface area contributed by atoms with Gasteiger partial charge in [0, 0.05) is 12.6 Å². The Labute approximate surface area is 150 Å². The van der Waals surface area contributed by atoms with Crippen LogP contribution in [0.3, 0.4) is 0 Å². The van der Waals surface area contributed by atoms with E-state index in [2.05, 4.69) is 4.99 Å². The Morgan fingerprint density at radius 1 is 1.20 bits per heavy atom. The van der Waals surface area contributed by atoms with Crippen LogP contribution in [0.4, 0.5) is 5.69 Å². The maximum atomic E-state index is 12.5. The quantitative estimate of drug-likeness (QED) is 0.787. The number of aliphatic imine (C=N–C) groups is 1. The average Bonchev–Trinajstić information content (AvgIpc) is 2.90. The minimum absolute atomic E-state index is 0.0398. The van der Waals surface area contributed by atoms with Crippen molar-refractivity contribution in [2.75, 3.05) is 13.7 Å². The molecule has 124 valence electrons. The number of ether oxygens (including phenoxy) is 1. The Morgan fingerprint density at radius 2 is 1.92 bits per heavy atom. The molecule has 0 spiro atoms. The molecule has 2 aromatic rings. The van der Waals surface area contributed by atoms with Crippen LogP contribution in [0.1, 0.15) is 5.56 Å². The molecule has 1 amide bonds. The van der Waals surface area contributed by atoms with Crippen molar-refractivity contribution >= 4 is 34.6 Å². The summed E-state index contributed by atoms with van der Waals surface area (Å²) in [7, 11) is 1.70. The van der Waals surface area contributed by atoms with Crippen molar-refractivity contribution in [1.82, 2.24) is 4.90 Å². The van der Waals surface area contributed by atoms with E-state index in [-0.39, 0.29) is 12.5 Å². The van der Waals surface area contributed by atoms with Crippen LogP contribution >= 0.6 is 11.8 Å². The van der Waals surface area contributed by atoms with E-state index in [9.17, 15) is 4.79 Å². The smallest absolute Gasteiger partial charge is 0.266 e. The number of likely N-dealkylation sites (N-methyl/N-ethyl adjacent to an activating group) is 1. The second-order valence-corrected chi connectivity index (χ2v) is 6.20. The monoisotopic (exact) mass is 349 g/mol. The van der Waals surface area contributed by atoms with Crippen LogP contribution in [0.15, 0.2) is 64.5 Å². The molecule has 1 fully saturated rings. The van der Waals surface area contributed by atoms with Crippen LogP contribution in [0.5, 0.6) is 5.75 Å². The Morgan fingerprint density at radius 3 is 2.68 bits per heavy atom. The molecule has 0 aliphatic carbocycles. The number of carbonyl (C=O) groups is 1. The van der Waals surface area contributed by atoms with Gasteiger partial charge in [0.25, 0.3) is 5.91 Å². The van der Waals surface area contributed by atoms with Crippen molar-refractivity contribution in [1.29, 1.82) is 5.26 Å². The highest BCUT2D eigenvalue weighted by atomic mass is 32.2. The number of nitriles is 1. The highest BCUT2D eigenvalue weighted by Gasteiger charge is 2.30. The molecule has 1 aliphatic heterocycles. The largest absolute Gasteiger partial charge is 0.478 e. The van der Waals surface area contributed by atoms with Gasteiger partial charge in [-0.25, -0.2) is 4.99 Å². The maximum absolute atomic E-state index is 12.5.